The second-order valence-electron chi connectivity index (χ2n) is 14.9. The normalized spacial score (nSPS) is 21.1. The van der Waals surface area contributed by atoms with Gasteiger partial charge in [-0.05, 0) is 85.0 Å². The van der Waals surface area contributed by atoms with E-state index in [0.717, 1.165) is 11.1 Å². The maximum Gasteiger partial charge on any atom is 0.308 e. The van der Waals surface area contributed by atoms with Gasteiger partial charge in [0.15, 0.2) is 21.5 Å². The van der Waals surface area contributed by atoms with Crippen LogP contribution in [0.4, 0.5) is 8.78 Å². The van der Waals surface area contributed by atoms with Crippen molar-refractivity contribution in [2.75, 3.05) is 18.6 Å². The van der Waals surface area contributed by atoms with Gasteiger partial charge in [-0.3, -0.25) is 4.79 Å². The van der Waals surface area contributed by atoms with Crippen LogP contribution >= 0.6 is 0 Å². The van der Waals surface area contributed by atoms with Gasteiger partial charge in [0, 0.05) is 29.0 Å². The molecule has 1 unspecified atom stereocenters. The van der Waals surface area contributed by atoms with Crippen LogP contribution in [0.15, 0.2) is 70.6 Å². The number of aromatic nitrogens is 4. The number of aromatic amines is 1. The average Bonchev–Trinajstić information content (AvgIpc) is 3.72. The Kier molecular flexibility index (Phi) is 10.3. The van der Waals surface area contributed by atoms with Crippen LogP contribution in [0.5, 0.6) is 0 Å². The number of esters is 1. The molecular formula is C39H44F2N4O5S2. The van der Waals surface area contributed by atoms with Crippen LogP contribution in [0.3, 0.4) is 0 Å². The number of sulfone groups is 1. The first-order chi connectivity index (χ1) is 24.5. The van der Waals surface area contributed by atoms with Gasteiger partial charge >= 0.3 is 5.97 Å². The van der Waals surface area contributed by atoms with E-state index in [9.17, 15) is 17.4 Å². The third-order valence-corrected chi connectivity index (χ3v) is 13.8. The molecule has 0 radical (unpaired) electrons. The minimum absolute atomic E-state index is 0.0459. The molecule has 3 aromatic carbocycles. The number of carbonyl (C=O) groups excluding carboxylic acids is 1. The fraction of sp³-hybridized carbons (Fsp3) is 0.410. The Morgan fingerprint density at radius 3 is 2.60 bits per heavy atom. The number of hydrogen-bond donors (Lipinski definition) is 1. The highest BCUT2D eigenvalue weighted by molar-refractivity contribution is 7.91. The summed E-state index contributed by atoms with van der Waals surface area (Å²) in [5, 5.41) is 5.39. The molecule has 1 N–H and O–H groups in total. The largest absolute Gasteiger partial charge is 0.469 e. The zero-order valence-electron chi connectivity index (χ0n) is 30.3. The average molecular weight is 751 g/mol. The third-order valence-electron chi connectivity index (χ3n) is 10.2. The molecule has 9 nitrogen and oxygen atoms in total. The van der Waals surface area contributed by atoms with E-state index in [1.165, 1.54) is 36.1 Å². The molecule has 6 rings (SSSR count). The highest BCUT2D eigenvalue weighted by Gasteiger charge is 2.36. The summed E-state index contributed by atoms with van der Waals surface area (Å²) in [4.78, 5) is 20.1. The number of fused-ring (bicyclic) bond motifs is 8. The van der Waals surface area contributed by atoms with Crippen molar-refractivity contribution in [3.8, 4) is 11.4 Å². The van der Waals surface area contributed by atoms with Crippen LogP contribution in [0.2, 0.25) is 0 Å². The number of benzene rings is 3. The van der Waals surface area contributed by atoms with Gasteiger partial charge in [0.25, 0.3) is 0 Å². The Bertz CT molecular complexity index is 2300. The van der Waals surface area contributed by atoms with E-state index in [-0.39, 0.29) is 51.0 Å². The molecule has 2 aromatic heterocycles. The quantitative estimate of drug-likeness (QED) is 0.192. The van der Waals surface area contributed by atoms with Crippen molar-refractivity contribution < 1.29 is 30.9 Å². The van der Waals surface area contributed by atoms with E-state index in [1.54, 1.807) is 19.3 Å². The summed E-state index contributed by atoms with van der Waals surface area (Å²) in [6, 6.07) is 14.8. The van der Waals surface area contributed by atoms with Crippen LogP contribution in [0.1, 0.15) is 69.5 Å². The fourth-order valence-electron chi connectivity index (χ4n) is 7.42. The number of carbonyl (C=O) groups is 1. The lowest BCUT2D eigenvalue weighted by Crippen LogP contribution is -2.29. The molecule has 52 heavy (non-hydrogen) atoms. The van der Waals surface area contributed by atoms with Gasteiger partial charge in [0.2, 0.25) is 0 Å². The van der Waals surface area contributed by atoms with Gasteiger partial charge in [0.05, 0.1) is 51.2 Å². The summed E-state index contributed by atoms with van der Waals surface area (Å²) in [7, 11) is -2.76. The molecule has 13 heteroatoms. The van der Waals surface area contributed by atoms with Crippen LogP contribution in [-0.4, -0.2) is 57.0 Å². The molecule has 4 bridgehead atoms. The monoisotopic (exact) mass is 750 g/mol. The van der Waals surface area contributed by atoms with E-state index in [2.05, 4.69) is 4.98 Å². The molecule has 1 aliphatic heterocycles. The van der Waals surface area contributed by atoms with Crippen LogP contribution < -0.4 is 0 Å². The topological polar surface area (TPSA) is 124 Å². The Hall–Kier alpha value is -4.23. The lowest BCUT2D eigenvalue weighted by Gasteiger charge is -2.31. The molecule has 3 heterocycles. The van der Waals surface area contributed by atoms with E-state index in [4.69, 9.17) is 14.8 Å². The number of ether oxygens (including phenoxy) is 1. The maximum absolute atomic E-state index is 15.9. The number of aryl methyl sites for hydroxylation is 2. The molecule has 0 saturated heterocycles. The van der Waals surface area contributed by atoms with Crippen LogP contribution in [0.25, 0.3) is 22.3 Å². The van der Waals surface area contributed by atoms with Crippen molar-refractivity contribution in [1.82, 2.24) is 19.7 Å². The minimum atomic E-state index is -3.65. The lowest BCUT2D eigenvalue weighted by molar-refractivity contribution is -0.144. The van der Waals surface area contributed by atoms with Crippen molar-refractivity contribution in [1.29, 1.82) is 0 Å². The summed E-state index contributed by atoms with van der Waals surface area (Å²) in [6.45, 7) is 7.67. The van der Waals surface area contributed by atoms with Gasteiger partial charge in [-0.25, -0.2) is 31.1 Å². The zero-order valence-corrected chi connectivity index (χ0v) is 31.9. The molecule has 276 valence electrons. The van der Waals surface area contributed by atoms with Crippen molar-refractivity contribution in [2.45, 2.75) is 75.0 Å². The number of nitrogens with zero attached hydrogens (tertiary/aromatic N) is 3. The molecule has 0 fully saturated rings. The van der Waals surface area contributed by atoms with Gasteiger partial charge in [-0.15, -0.1) is 0 Å². The first-order valence-corrected chi connectivity index (χ1v) is 20.3. The van der Waals surface area contributed by atoms with Crippen molar-refractivity contribution in [2.24, 2.45) is 18.4 Å². The number of hydrogen-bond acceptors (Lipinski definition) is 7. The Labute approximate surface area is 305 Å². The summed E-state index contributed by atoms with van der Waals surface area (Å²) >= 11 is 0. The summed E-state index contributed by atoms with van der Waals surface area (Å²) < 4.78 is 79.7. The Morgan fingerprint density at radius 1 is 1.08 bits per heavy atom. The number of H-pyrrole nitrogens is 1. The Morgan fingerprint density at radius 2 is 1.85 bits per heavy atom. The summed E-state index contributed by atoms with van der Waals surface area (Å²) in [5.74, 6) is -1.75. The maximum atomic E-state index is 15.9. The number of rotatable bonds is 4. The highest BCUT2D eigenvalue weighted by Crippen LogP contribution is 2.40. The van der Waals surface area contributed by atoms with Crippen molar-refractivity contribution in [3.05, 3.63) is 94.9 Å². The molecule has 0 spiro atoms. The molecule has 3 atom stereocenters. The van der Waals surface area contributed by atoms with E-state index in [0.29, 0.717) is 48.0 Å². The smallest absolute Gasteiger partial charge is 0.308 e. The minimum Gasteiger partial charge on any atom is -0.469 e. The van der Waals surface area contributed by atoms with Crippen molar-refractivity contribution >= 4 is 37.5 Å². The van der Waals surface area contributed by atoms with E-state index >= 15 is 8.78 Å². The summed E-state index contributed by atoms with van der Waals surface area (Å²) in [5.41, 5.74) is 1.24. The third kappa shape index (κ3) is 7.48. The standard InChI is InChI=1S/C39H44F2N4O5S2/c1-24(36(46)50-6)19-25-9-7-10-26(20-25)39(4)16-8-15-38(2,3)23-52(48,49)18-14-29-28-13-17-42-33(28)22-32(41)34(29)51(47)27-11-12-31(40)30(21-27)35-43-37(39)44-45(35)5/h7,9-13,17,20-22,24,42H,8,14-16,18-19,23H2,1-6H3/t24-,39+,51?/m0/s1. The molecule has 0 saturated carbocycles. The van der Waals surface area contributed by atoms with Crippen molar-refractivity contribution in [3.63, 3.8) is 0 Å². The van der Waals surface area contributed by atoms with Crippen LogP contribution in [-0.2, 0) is 55.5 Å². The van der Waals surface area contributed by atoms with Gasteiger partial charge in [-0.1, -0.05) is 51.5 Å². The molecule has 0 amide bonds. The van der Waals surface area contributed by atoms with Gasteiger partial charge in [0.1, 0.15) is 11.6 Å². The Balaban J connectivity index is 1.52. The molecular weight excluding hydrogens is 707 g/mol. The molecule has 5 aromatic rings. The molecule has 1 aliphatic rings. The van der Waals surface area contributed by atoms with Gasteiger partial charge < -0.3 is 9.72 Å². The van der Waals surface area contributed by atoms with E-state index < -0.39 is 43.1 Å². The fourth-order valence-corrected chi connectivity index (χ4v) is 10.7. The van der Waals surface area contributed by atoms with Gasteiger partial charge in [-0.2, -0.15) is 5.10 Å². The SMILES string of the molecule is COC(=O)[C@@H](C)Cc1cccc([C@@]2(C)CCCC(C)(C)CS(=O)(=O)CCc3c(c(F)cc4[nH]ccc34)S(=O)c3ccc(F)c(c3)-c3nc2nn3C)c1. The lowest BCUT2D eigenvalue weighted by atomic mass is 9.75. The first kappa shape index (κ1) is 37.5. The highest BCUT2D eigenvalue weighted by atomic mass is 32.2. The second-order valence-corrected chi connectivity index (χ2v) is 18.5. The first-order valence-electron chi connectivity index (χ1n) is 17.3. The van der Waals surface area contributed by atoms with E-state index in [1.807, 2.05) is 52.0 Å². The number of methoxy groups -OCH3 is 1. The predicted molar refractivity (Wildman–Crippen MR) is 197 cm³/mol. The predicted octanol–water partition coefficient (Wildman–Crippen LogP) is 7.23. The zero-order chi connectivity index (χ0) is 37.6. The number of nitrogens with one attached hydrogen (secondary N) is 1. The summed E-state index contributed by atoms with van der Waals surface area (Å²) in [6.07, 6.45) is 3.77. The van der Waals surface area contributed by atoms with Crippen LogP contribution in [0, 0.1) is 23.0 Å². The number of halogens is 2. The second kappa shape index (κ2) is 14.3. The molecule has 0 aliphatic carbocycles.